The van der Waals surface area contributed by atoms with Crippen molar-refractivity contribution in [3.63, 3.8) is 0 Å². The van der Waals surface area contributed by atoms with Crippen LogP contribution in [0.4, 0.5) is 10.5 Å². The van der Waals surface area contributed by atoms with E-state index in [1.165, 1.54) is 4.57 Å². The Morgan fingerprint density at radius 3 is 2.24 bits per heavy atom. The molecule has 10 heteroatoms. The number of anilines is 1. The zero-order valence-electron chi connectivity index (χ0n) is 21.7. The van der Waals surface area contributed by atoms with E-state index in [2.05, 4.69) is 10.2 Å². The van der Waals surface area contributed by atoms with E-state index in [4.69, 9.17) is 4.74 Å². The normalized spacial score (nSPS) is 22.4. The third-order valence-electron chi connectivity index (χ3n) is 8.13. The summed E-state index contributed by atoms with van der Waals surface area (Å²) in [6, 6.07) is 4.72. The molecule has 200 valence electrons. The minimum absolute atomic E-state index is 0.153. The van der Waals surface area contributed by atoms with Crippen LogP contribution in [0.5, 0.6) is 11.8 Å². The van der Waals surface area contributed by atoms with E-state index in [-0.39, 0.29) is 42.0 Å². The van der Waals surface area contributed by atoms with Gasteiger partial charge in [-0.3, -0.25) is 19.5 Å². The molecule has 1 aromatic heterocycles. The van der Waals surface area contributed by atoms with Gasteiger partial charge in [-0.05, 0) is 76.5 Å². The Balaban J connectivity index is 1.26. The number of ether oxygens (including phenoxy) is 1. The second-order valence-corrected chi connectivity index (χ2v) is 11.7. The zero-order chi connectivity index (χ0) is 26.5. The number of nitrogens with one attached hydrogen (secondary N) is 1. The lowest BCUT2D eigenvalue weighted by Crippen LogP contribution is -2.49. The molecule has 0 saturated carbocycles. The molecule has 3 aliphatic rings. The molecule has 10 nitrogen and oxygen atoms in total. The molecule has 5 rings (SSSR count). The summed E-state index contributed by atoms with van der Waals surface area (Å²) < 4.78 is 6.76. The van der Waals surface area contributed by atoms with Crippen molar-refractivity contribution in [2.45, 2.75) is 70.9 Å². The number of benzene rings is 1. The predicted octanol–water partition coefficient (Wildman–Crippen LogP) is 3.65. The van der Waals surface area contributed by atoms with Crippen molar-refractivity contribution in [1.29, 1.82) is 0 Å². The molecular weight excluding hydrogens is 476 g/mol. The summed E-state index contributed by atoms with van der Waals surface area (Å²) in [5.41, 5.74) is 0.672. The molecule has 3 N–H and O–H groups in total. The summed E-state index contributed by atoms with van der Waals surface area (Å²) in [4.78, 5) is 40.4. The second-order valence-electron chi connectivity index (χ2n) is 11.7. The minimum Gasteiger partial charge on any atom is -0.494 e. The topological polar surface area (TPSA) is 124 Å². The standard InChI is InChI=1S/C27H36N4O6/c1-26(2,3)37-25(36)30-14-10-27(11-15-30)8-12-29(13-9-27)17-4-5-18-19(16-17)24(35)31(23(18)34)20-6-7-21(32)28-22(20)33/h4-5,16,20,34-35H,6-15H2,1-3H3,(H,28,32,33). The van der Waals surface area contributed by atoms with Gasteiger partial charge in [0, 0.05) is 49.1 Å². The lowest BCUT2D eigenvalue weighted by Gasteiger charge is -2.47. The maximum atomic E-state index is 12.4. The number of rotatable bonds is 2. The van der Waals surface area contributed by atoms with Crippen LogP contribution in [-0.4, -0.2) is 69.4 Å². The first kappa shape index (κ1) is 25.2. The largest absolute Gasteiger partial charge is 0.494 e. The summed E-state index contributed by atoms with van der Waals surface area (Å²) >= 11 is 0. The van der Waals surface area contributed by atoms with Crippen molar-refractivity contribution in [3.05, 3.63) is 18.2 Å². The SMILES string of the molecule is CC(C)(C)OC(=O)N1CCC2(CC1)CCN(c1ccc3c(O)n(C4CCC(=O)NC4=O)c(O)c3c1)CC2. The molecule has 3 fully saturated rings. The summed E-state index contributed by atoms with van der Waals surface area (Å²) in [6.45, 7) is 8.79. The lowest BCUT2D eigenvalue weighted by molar-refractivity contribution is -0.135. The number of carbonyl (C=O) groups excluding carboxylic acids is 3. The van der Waals surface area contributed by atoms with Crippen molar-refractivity contribution >= 4 is 34.4 Å². The molecule has 2 aromatic rings. The number of hydrogen-bond donors (Lipinski definition) is 3. The van der Waals surface area contributed by atoms with E-state index in [1.807, 2.05) is 37.8 Å². The Bertz CT molecular complexity index is 1230. The van der Waals surface area contributed by atoms with Gasteiger partial charge in [0.15, 0.2) is 0 Å². The fraction of sp³-hybridized carbons (Fsp3) is 0.593. The van der Waals surface area contributed by atoms with Crippen LogP contribution >= 0.6 is 0 Å². The molecule has 1 unspecified atom stereocenters. The number of nitrogens with zero attached hydrogens (tertiary/aromatic N) is 3. The first-order valence-electron chi connectivity index (χ1n) is 13.1. The average Bonchev–Trinajstić information content (AvgIpc) is 3.08. The van der Waals surface area contributed by atoms with Gasteiger partial charge < -0.3 is 24.7 Å². The highest BCUT2D eigenvalue weighted by Gasteiger charge is 2.40. The Hall–Kier alpha value is -3.43. The number of fused-ring (bicyclic) bond motifs is 1. The summed E-state index contributed by atoms with van der Waals surface area (Å²) in [5.74, 6) is -1.23. The maximum absolute atomic E-state index is 12.4. The quantitative estimate of drug-likeness (QED) is 0.525. The Morgan fingerprint density at radius 1 is 1.00 bits per heavy atom. The molecule has 1 spiro atoms. The lowest BCUT2D eigenvalue weighted by atomic mass is 9.71. The number of imide groups is 1. The predicted molar refractivity (Wildman–Crippen MR) is 138 cm³/mol. The van der Waals surface area contributed by atoms with Crippen LogP contribution in [-0.2, 0) is 14.3 Å². The fourth-order valence-electron chi connectivity index (χ4n) is 5.92. The van der Waals surface area contributed by atoms with Gasteiger partial charge in [0.25, 0.3) is 0 Å². The van der Waals surface area contributed by atoms with Crippen LogP contribution in [0.3, 0.4) is 0 Å². The van der Waals surface area contributed by atoms with Gasteiger partial charge >= 0.3 is 6.09 Å². The highest BCUT2D eigenvalue weighted by molar-refractivity contribution is 6.01. The van der Waals surface area contributed by atoms with Crippen molar-refractivity contribution in [3.8, 4) is 11.8 Å². The number of aromatic hydroxyl groups is 2. The van der Waals surface area contributed by atoms with Crippen molar-refractivity contribution < 1.29 is 29.3 Å². The van der Waals surface area contributed by atoms with E-state index < -0.39 is 17.6 Å². The maximum Gasteiger partial charge on any atom is 0.410 e. The Morgan fingerprint density at radius 2 is 1.62 bits per heavy atom. The third kappa shape index (κ3) is 4.81. The number of hydrogen-bond acceptors (Lipinski definition) is 7. The van der Waals surface area contributed by atoms with E-state index >= 15 is 0 Å². The molecule has 0 radical (unpaired) electrons. The molecule has 37 heavy (non-hydrogen) atoms. The molecule has 3 aliphatic heterocycles. The Kier molecular flexibility index (Phi) is 6.24. The zero-order valence-corrected chi connectivity index (χ0v) is 21.7. The van der Waals surface area contributed by atoms with Gasteiger partial charge in [-0.25, -0.2) is 4.79 Å². The van der Waals surface area contributed by atoms with Gasteiger partial charge in [-0.15, -0.1) is 0 Å². The van der Waals surface area contributed by atoms with E-state index in [0.717, 1.165) is 44.5 Å². The smallest absolute Gasteiger partial charge is 0.410 e. The van der Waals surface area contributed by atoms with E-state index in [0.29, 0.717) is 23.9 Å². The number of aromatic nitrogens is 1. The molecule has 0 bridgehead atoms. The van der Waals surface area contributed by atoms with Crippen LogP contribution in [0, 0.1) is 5.41 Å². The van der Waals surface area contributed by atoms with Gasteiger partial charge in [0.1, 0.15) is 11.6 Å². The monoisotopic (exact) mass is 512 g/mol. The van der Waals surface area contributed by atoms with Crippen LogP contribution < -0.4 is 10.2 Å². The van der Waals surface area contributed by atoms with Crippen molar-refractivity contribution in [2.24, 2.45) is 5.41 Å². The average molecular weight is 513 g/mol. The molecule has 4 heterocycles. The van der Waals surface area contributed by atoms with Crippen LogP contribution in [0.1, 0.15) is 65.3 Å². The number of piperidine rings is 3. The second kappa shape index (κ2) is 9.15. The molecule has 3 saturated heterocycles. The molecular formula is C27H36N4O6. The minimum atomic E-state index is -0.838. The van der Waals surface area contributed by atoms with Crippen LogP contribution in [0.2, 0.25) is 0 Å². The molecule has 3 amide bonds. The van der Waals surface area contributed by atoms with E-state index in [9.17, 15) is 24.6 Å². The summed E-state index contributed by atoms with van der Waals surface area (Å²) in [5, 5.41) is 25.0. The van der Waals surface area contributed by atoms with Gasteiger partial charge in [-0.2, -0.15) is 0 Å². The van der Waals surface area contributed by atoms with Crippen LogP contribution in [0.25, 0.3) is 10.8 Å². The molecule has 1 atom stereocenters. The number of carbonyl (C=O) groups is 3. The fourth-order valence-corrected chi connectivity index (χ4v) is 5.92. The van der Waals surface area contributed by atoms with E-state index in [1.54, 1.807) is 6.07 Å². The number of likely N-dealkylation sites (tertiary alicyclic amines) is 1. The van der Waals surface area contributed by atoms with Gasteiger partial charge in [-0.1, -0.05) is 0 Å². The van der Waals surface area contributed by atoms with Gasteiger partial charge in [0.05, 0.1) is 0 Å². The third-order valence-corrected chi connectivity index (χ3v) is 8.13. The van der Waals surface area contributed by atoms with Crippen LogP contribution in [0.15, 0.2) is 18.2 Å². The highest BCUT2D eigenvalue weighted by Crippen LogP contribution is 2.45. The summed E-state index contributed by atoms with van der Waals surface area (Å²) in [6.07, 6.45) is 4.09. The number of amides is 3. The summed E-state index contributed by atoms with van der Waals surface area (Å²) in [7, 11) is 0. The van der Waals surface area contributed by atoms with Crippen molar-refractivity contribution in [1.82, 2.24) is 14.8 Å². The molecule has 0 aliphatic carbocycles. The highest BCUT2D eigenvalue weighted by atomic mass is 16.6. The first-order valence-corrected chi connectivity index (χ1v) is 13.1. The Labute approximate surface area is 216 Å². The van der Waals surface area contributed by atoms with Gasteiger partial charge in [0.2, 0.25) is 23.6 Å². The first-order chi connectivity index (χ1) is 17.5. The van der Waals surface area contributed by atoms with Crippen molar-refractivity contribution in [2.75, 3.05) is 31.1 Å². The molecule has 1 aromatic carbocycles.